The van der Waals surface area contributed by atoms with E-state index in [0.717, 1.165) is 16.8 Å². The molecular weight excluding hydrogens is 256 g/mol. The molecule has 4 nitrogen and oxygen atoms in total. The summed E-state index contributed by atoms with van der Waals surface area (Å²) < 4.78 is 0.914. The van der Waals surface area contributed by atoms with Gasteiger partial charge in [0.15, 0.2) is 0 Å². The van der Waals surface area contributed by atoms with Crippen LogP contribution >= 0.6 is 15.9 Å². The number of rotatable bonds is 4. The Labute approximate surface area is 98.0 Å². The van der Waals surface area contributed by atoms with Crippen molar-refractivity contribution >= 4 is 27.7 Å². The van der Waals surface area contributed by atoms with Crippen LogP contribution in [0.3, 0.4) is 0 Å². The molecule has 0 unspecified atom stereocenters. The molecule has 1 aliphatic carbocycles. The summed E-state index contributed by atoms with van der Waals surface area (Å²) in [5.41, 5.74) is 0.236. The second kappa shape index (κ2) is 3.96. The molecule has 0 amide bonds. The quantitative estimate of drug-likeness (QED) is 0.883. The Morgan fingerprint density at radius 1 is 1.53 bits per heavy atom. The van der Waals surface area contributed by atoms with Crippen molar-refractivity contribution in [1.82, 2.24) is 9.97 Å². The number of hydrogen-bond donors (Lipinski definition) is 2. The number of nitrogens with zero attached hydrogens (tertiary/aromatic N) is 2. The standard InChI is InChI=1S/C10H15BrN4/c1-3-12-9-13-6-7(11)8(14-9)15-10(2)4-5-10/h6H,3-5H2,1-2H3,(H2,12,13,14,15). The van der Waals surface area contributed by atoms with E-state index in [1.807, 2.05) is 6.92 Å². The Bertz CT molecular complexity index is 362. The lowest BCUT2D eigenvalue weighted by atomic mass is 10.3. The summed E-state index contributed by atoms with van der Waals surface area (Å²) in [5.74, 6) is 1.55. The molecule has 2 N–H and O–H groups in total. The summed E-state index contributed by atoms with van der Waals surface area (Å²) in [6, 6.07) is 0. The lowest BCUT2D eigenvalue weighted by Gasteiger charge is -2.14. The minimum atomic E-state index is 0.236. The predicted octanol–water partition coefficient (Wildman–Crippen LogP) is 2.64. The lowest BCUT2D eigenvalue weighted by molar-refractivity contribution is 0.817. The molecule has 0 aromatic carbocycles. The normalized spacial score (nSPS) is 17.3. The highest BCUT2D eigenvalue weighted by molar-refractivity contribution is 9.10. The fourth-order valence-electron chi connectivity index (χ4n) is 1.30. The minimum absolute atomic E-state index is 0.236. The van der Waals surface area contributed by atoms with E-state index in [1.165, 1.54) is 12.8 Å². The molecule has 0 bridgehead atoms. The van der Waals surface area contributed by atoms with Gasteiger partial charge >= 0.3 is 0 Å². The first kappa shape index (κ1) is 10.7. The molecule has 1 heterocycles. The van der Waals surface area contributed by atoms with E-state index in [1.54, 1.807) is 6.20 Å². The van der Waals surface area contributed by atoms with Gasteiger partial charge in [0.2, 0.25) is 5.95 Å². The summed E-state index contributed by atoms with van der Waals surface area (Å²) in [6.07, 6.45) is 4.19. The molecule has 0 aliphatic heterocycles. The van der Waals surface area contributed by atoms with Crippen molar-refractivity contribution in [3.8, 4) is 0 Å². The molecule has 1 aromatic heterocycles. The second-order valence-electron chi connectivity index (χ2n) is 4.11. The van der Waals surface area contributed by atoms with Crippen molar-refractivity contribution in [2.24, 2.45) is 0 Å². The van der Waals surface area contributed by atoms with Gasteiger partial charge in [-0.2, -0.15) is 4.98 Å². The van der Waals surface area contributed by atoms with Crippen LogP contribution in [0.1, 0.15) is 26.7 Å². The average Bonchev–Trinajstić information content (AvgIpc) is 2.90. The summed E-state index contributed by atoms with van der Waals surface area (Å²) in [7, 11) is 0. The van der Waals surface area contributed by atoms with Crippen molar-refractivity contribution in [2.75, 3.05) is 17.2 Å². The van der Waals surface area contributed by atoms with Crippen LogP contribution in [0.15, 0.2) is 10.7 Å². The molecular formula is C10H15BrN4. The first-order valence-corrected chi connectivity index (χ1v) is 5.97. The fourth-order valence-corrected chi connectivity index (χ4v) is 1.59. The number of hydrogen-bond acceptors (Lipinski definition) is 4. The zero-order valence-corrected chi connectivity index (χ0v) is 10.6. The van der Waals surface area contributed by atoms with Crippen LogP contribution in [0.5, 0.6) is 0 Å². The highest BCUT2D eigenvalue weighted by Crippen LogP contribution is 2.39. The third-order valence-corrected chi connectivity index (χ3v) is 3.08. The fraction of sp³-hybridized carbons (Fsp3) is 0.600. The van der Waals surface area contributed by atoms with E-state index >= 15 is 0 Å². The molecule has 1 aliphatic rings. The number of aromatic nitrogens is 2. The Balaban J connectivity index is 2.16. The molecule has 1 saturated carbocycles. The first-order valence-electron chi connectivity index (χ1n) is 5.17. The summed E-state index contributed by atoms with van der Waals surface area (Å²) in [6.45, 7) is 5.06. The van der Waals surface area contributed by atoms with Gasteiger partial charge in [-0.3, -0.25) is 0 Å². The van der Waals surface area contributed by atoms with E-state index in [-0.39, 0.29) is 5.54 Å². The van der Waals surface area contributed by atoms with Gasteiger partial charge in [0.05, 0.1) is 4.47 Å². The van der Waals surface area contributed by atoms with Gasteiger partial charge in [-0.1, -0.05) is 0 Å². The van der Waals surface area contributed by atoms with Gasteiger partial charge in [0, 0.05) is 18.3 Å². The van der Waals surface area contributed by atoms with Crippen LogP contribution in [0, 0.1) is 0 Å². The van der Waals surface area contributed by atoms with E-state index in [2.05, 4.69) is 43.5 Å². The number of nitrogens with one attached hydrogen (secondary N) is 2. The monoisotopic (exact) mass is 270 g/mol. The largest absolute Gasteiger partial charge is 0.364 e. The zero-order valence-electron chi connectivity index (χ0n) is 8.97. The maximum absolute atomic E-state index is 4.41. The third kappa shape index (κ3) is 2.59. The summed E-state index contributed by atoms with van der Waals surface area (Å²) >= 11 is 3.45. The van der Waals surface area contributed by atoms with Crippen LogP contribution in [-0.4, -0.2) is 22.1 Å². The minimum Gasteiger partial charge on any atom is -0.364 e. The van der Waals surface area contributed by atoms with Gasteiger partial charge in [-0.25, -0.2) is 4.98 Å². The Morgan fingerprint density at radius 3 is 2.87 bits per heavy atom. The van der Waals surface area contributed by atoms with Crippen molar-refractivity contribution < 1.29 is 0 Å². The van der Waals surface area contributed by atoms with Crippen molar-refractivity contribution in [1.29, 1.82) is 0 Å². The van der Waals surface area contributed by atoms with E-state index in [4.69, 9.17) is 0 Å². The van der Waals surface area contributed by atoms with E-state index in [9.17, 15) is 0 Å². The molecule has 0 spiro atoms. The van der Waals surface area contributed by atoms with Crippen LogP contribution in [-0.2, 0) is 0 Å². The van der Waals surface area contributed by atoms with Gasteiger partial charge in [-0.15, -0.1) is 0 Å². The van der Waals surface area contributed by atoms with E-state index in [0.29, 0.717) is 5.95 Å². The Morgan fingerprint density at radius 2 is 2.27 bits per heavy atom. The third-order valence-electron chi connectivity index (χ3n) is 2.50. The van der Waals surface area contributed by atoms with Crippen LogP contribution in [0.25, 0.3) is 0 Å². The number of anilines is 2. The van der Waals surface area contributed by atoms with Gasteiger partial charge in [0.25, 0.3) is 0 Å². The van der Waals surface area contributed by atoms with Gasteiger partial charge in [-0.05, 0) is 42.6 Å². The zero-order chi connectivity index (χ0) is 10.9. The average molecular weight is 271 g/mol. The Kier molecular flexibility index (Phi) is 2.82. The van der Waals surface area contributed by atoms with Crippen molar-refractivity contribution in [2.45, 2.75) is 32.2 Å². The van der Waals surface area contributed by atoms with Crippen molar-refractivity contribution in [3.05, 3.63) is 10.7 Å². The molecule has 2 rings (SSSR count). The smallest absolute Gasteiger partial charge is 0.224 e. The maximum atomic E-state index is 4.41. The van der Waals surface area contributed by atoms with Crippen LogP contribution in [0.2, 0.25) is 0 Å². The number of halogens is 1. The molecule has 1 fully saturated rings. The summed E-state index contributed by atoms with van der Waals surface area (Å²) in [4.78, 5) is 8.58. The Hall–Kier alpha value is -0.840. The second-order valence-corrected chi connectivity index (χ2v) is 4.96. The molecule has 0 radical (unpaired) electrons. The molecule has 5 heteroatoms. The molecule has 82 valence electrons. The van der Waals surface area contributed by atoms with E-state index < -0.39 is 0 Å². The van der Waals surface area contributed by atoms with Gasteiger partial charge in [0.1, 0.15) is 5.82 Å². The van der Waals surface area contributed by atoms with Crippen molar-refractivity contribution in [3.63, 3.8) is 0 Å². The SMILES string of the molecule is CCNc1ncc(Br)c(NC2(C)CC2)n1. The van der Waals surface area contributed by atoms with Gasteiger partial charge < -0.3 is 10.6 Å². The molecule has 1 aromatic rings. The molecule has 0 saturated heterocycles. The molecule has 15 heavy (non-hydrogen) atoms. The topological polar surface area (TPSA) is 49.8 Å². The predicted molar refractivity (Wildman–Crippen MR) is 65.2 cm³/mol. The molecule has 0 atom stereocenters. The summed E-state index contributed by atoms with van der Waals surface area (Å²) in [5, 5.41) is 6.52. The highest BCUT2D eigenvalue weighted by atomic mass is 79.9. The van der Waals surface area contributed by atoms with Crippen LogP contribution in [0.4, 0.5) is 11.8 Å². The first-order chi connectivity index (χ1) is 7.13. The maximum Gasteiger partial charge on any atom is 0.224 e. The van der Waals surface area contributed by atoms with Crippen LogP contribution < -0.4 is 10.6 Å². The lowest BCUT2D eigenvalue weighted by Crippen LogP contribution is -2.18. The highest BCUT2D eigenvalue weighted by Gasteiger charge is 2.37.